The number of aliphatic hydroxyl groups is 1. The summed E-state index contributed by atoms with van der Waals surface area (Å²) in [5.41, 5.74) is 3.59. The van der Waals surface area contributed by atoms with Gasteiger partial charge in [0, 0.05) is 51.8 Å². The number of methoxy groups -OCH3 is 2. The molecule has 0 radical (unpaired) electrons. The fraction of sp³-hybridized carbons (Fsp3) is 0.385. The van der Waals surface area contributed by atoms with Crippen LogP contribution < -0.4 is 4.74 Å². The molecule has 0 fully saturated rings. The van der Waals surface area contributed by atoms with Crippen LogP contribution in [0.1, 0.15) is 23.2 Å². The van der Waals surface area contributed by atoms with Gasteiger partial charge in [-0.15, -0.1) is 0 Å². The van der Waals surface area contributed by atoms with Crippen LogP contribution in [0.4, 0.5) is 0 Å². The Hall–Kier alpha value is -2.60. The molecule has 0 aliphatic rings. The van der Waals surface area contributed by atoms with Crippen molar-refractivity contribution >= 4 is 0 Å². The lowest BCUT2D eigenvalue weighted by Crippen LogP contribution is -2.35. The molecule has 0 unspecified atom stereocenters. The zero-order chi connectivity index (χ0) is 21.9. The van der Waals surface area contributed by atoms with E-state index in [1.54, 1.807) is 14.2 Å². The van der Waals surface area contributed by atoms with Gasteiger partial charge in [0.25, 0.3) is 0 Å². The van der Waals surface area contributed by atoms with Crippen LogP contribution in [-0.4, -0.2) is 54.6 Å². The average molecular weight is 423 g/mol. The first-order valence-electron chi connectivity index (χ1n) is 10.9. The molecule has 0 aliphatic carbocycles. The van der Waals surface area contributed by atoms with E-state index in [1.807, 2.05) is 30.3 Å². The van der Waals surface area contributed by atoms with E-state index in [1.165, 1.54) is 11.3 Å². The predicted octanol–water partition coefficient (Wildman–Crippen LogP) is 3.99. The minimum absolute atomic E-state index is 0.410. The fourth-order valence-electron chi connectivity index (χ4n) is 3.86. The molecule has 3 rings (SSSR count). The summed E-state index contributed by atoms with van der Waals surface area (Å²) in [7, 11) is 3.42. The van der Waals surface area contributed by atoms with Crippen molar-refractivity contribution in [1.82, 2.24) is 9.47 Å². The van der Waals surface area contributed by atoms with Gasteiger partial charge in [0.05, 0.1) is 13.2 Å². The van der Waals surface area contributed by atoms with Crippen molar-refractivity contribution < 1.29 is 14.6 Å². The lowest BCUT2D eigenvalue weighted by molar-refractivity contribution is 0.0982. The van der Waals surface area contributed by atoms with Crippen molar-refractivity contribution in [3.8, 4) is 5.75 Å². The third-order valence-corrected chi connectivity index (χ3v) is 5.40. The van der Waals surface area contributed by atoms with Gasteiger partial charge in [0.1, 0.15) is 5.75 Å². The highest BCUT2D eigenvalue weighted by atomic mass is 16.5. The summed E-state index contributed by atoms with van der Waals surface area (Å²) in [6.07, 6.45) is 3.30. The molecule has 0 bridgehead atoms. The number of nitrogens with zero attached hydrogens (tertiary/aromatic N) is 2. The Balaban J connectivity index is 1.65. The normalized spacial score (nSPS) is 12.3. The third kappa shape index (κ3) is 7.55. The molecule has 5 heteroatoms. The van der Waals surface area contributed by atoms with E-state index in [-0.39, 0.29) is 0 Å². The first kappa shape index (κ1) is 23.1. The first-order valence-corrected chi connectivity index (χ1v) is 10.9. The maximum atomic E-state index is 10.7. The lowest BCUT2D eigenvalue weighted by atomic mass is 10.1. The van der Waals surface area contributed by atoms with Gasteiger partial charge in [0.2, 0.25) is 0 Å². The summed E-state index contributed by atoms with van der Waals surface area (Å²) >= 11 is 0. The molecule has 0 spiro atoms. The Morgan fingerprint density at radius 3 is 2.55 bits per heavy atom. The minimum Gasteiger partial charge on any atom is -0.497 e. The van der Waals surface area contributed by atoms with Crippen molar-refractivity contribution in [2.24, 2.45) is 0 Å². The maximum absolute atomic E-state index is 10.7. The van der Waals surface area contributed by atoms with Crippen LogP contribution in [0, 0.1) is 0 Å². The van der Waals surface area contributed by atoms with Gasteiger partial charge in [-0.2, -0.15) is 0 Å². The van der Waals surface area contributed by atoms with Crippen molar-refractivity contribution in [1.29, 1.82) is 0 Å². The van der Waals surface area contributed by atoms with Gasteiger partial charge in [-0.25, -0.2) is 0 Å². The molecule has 3 aromatic rings. The molecule has 2 aromatic carbocycles. The molecule has 1 aromatic heterocycles. The zero-order valence-electron chi connectivity index (χ0n) is 18.6. The van der Waals surface area contributed by atoms with Crippen LogP contribution in [0.25, 0.3) is 0 Å². The summed E-state index contributed by atoms with van der Waals surface area (Å²) in [5, 5.41) is 10.7. The third-order valence-electron chi connectivity index (χ3n) is 5.40. The average Bonchev–Trinajstić information content (AvgIpc) is 3.21. The molecule has 1 heterocycles. The zero-order valence-corrected chi connectivity index (χ0v) is 18.6. The van der Waals surface area contributed by atoms with Crippen LogP contribution in [0.3, 0.4) is 0 Å². The van der Waals surface area contributed by atoms with Crippen LogP contribution >= 0.6 is 0 Å². The highest BCUT2D eigenvalue weighted by molar-refractivity contribution is 5.29. The molecule has 31 heavy (non-hydrogen) atoms. The second-order valence-corrected chi connectivity index (χ2v) is 7.90. The van der Waals surface area contributed by atoms with Crippen LogP contribution in [0.15, 0.2) is 72.9 Å². The summed E-state index contributed by atoms with van der Waals surface area (Å²) in [6.45, 7) is 3.80. The Morgan fingerprint density at radius 1 is 0.968 bits per heavy atom. The molecule has 166 valence electrons. The molecule has 5 nitrogen and oxygen atoms in total. The van der Waals surface area contributed by atoms with Gasteiger partial charge in [-0.1, -0.05) is 42.5 Å². The predicted molar refractivity (Wildman–Crippen MR) is 124 cm³/mol. The molecule has 1 N–H and O–H groups in total. The van der Waals surface area contributed by atoms with Crippen molar-refractivity contribution in [2.75, 3.05) is 33.9 Å². The quantitative estimate of drug-likeness (QED) is 0.423. The summed E-state index contributed by atoms with van der Waals surface area (Å²) in [5.74, 6) is 0.872. The van der Waals surface area contributed by atoms with Gasteiger partial charge in [-0.05, 0) is 48.2 Å². The number of benzene rings is 2. The Morgan fingerprint density at radius 2 is 1.77 bits per heavy atom. The number of aromatic nitrogens is 1. The number of rotatable bonds is 13. The van der Waals surface area contributed by atoms with Crippen molar-refractivity contribution in [3.05, 3.63) is 89.7 Å². The Bertz CT molecular complexity index is 894. The monoisotopic (exact) mass is 422 g/mol. The molecule has 0 saturated carbocycles. The summed E-state index contributed by atoms with van der Waals surface area (Å²) in [4.78, 5) is 2.32. The minimum atomic E-state index is -0.410. The van der Waals surface area contributed by atoms with E-state index in [0.717, 1.165) is 44.0 Å². The summed E-state index contributed by atoms with van der Waals surface area (Å²) < 4.78 is 12.9. The molecular weight excluding hydrogens is 388 g/mol. The largest absolute Gasteiger partial charge is 0.497 e. The van der Waals surface area contributed by atoms with E-state index in [9.17, 15) is 5.11 Å². The number of hydrogen-bond acceptors (Lipinski definition) is 4. The number of ether oxygens (including phenoxy) is 2. The van der Waals surface area contributed by atoms with Gasteiger partial charge in [-0.3, -0.25) is 4.90 Å². The highest BCUT2D eigenvalue weighted by Gasteiger charge is 2.15. The fourth-order valence-corrected chi connectivity index (χ4v) is 3.86. The molecule has 1 atom stereocenters. The smallest absolute Gasteiger partial charge is 0.119 e. The van der Waals surface area contributed by atoms with E-state index in [0.29, 0.717) is 13.0 Å². The van der Waals surface area contributed by atoms with Crippen molar-refractivity contribution in [2.45, 2.75) is 32.0 Å². The van der Waals surface area contributed by atoms with E-state index < -0.39 is 6.10 Å². The van der Waals surface area contributed by atoms with Gasteiger partial charge in [0.15, 0.2) is 0 Å². The Kier molecular flexibility index (Phi) is 9.16. The lowest BCUT2D eigenvalue weighted by Gasteiger charge is -2.26. The first-order chi connectivity index (χ1) is 15.2. The van der Waals surface area contributed by atoms with Crippen LogP contribution in [-0.2, 0) is 24.2 Å². The molecule has 0 aliphatic heterocycles. The molecular formula is C26H34N2O3. The topological polar surface area (TPSA) is 46.9 Å². The van der Waals surface area contributed by atoms with Gasteiger partial charge >= 0.3 is 0 Å². The second-order valence-electron chi connectivity index (χ2n) is 7.90. The van der Waals surface area contributed by atoms with Gasteiger partial charge < -0.3 is 19.1 Å². The Labute approximate surface area is 185 Å². The maximum Gasteiger partial charge on any atom is 0.119 e. The second kappa shape index (κ2) is 12.3. The van der Waals surface area contributed by atoms with E-state index in [4.69, 9.17) is 9.47 Å². The standard InChI is InChI=1S/C26H34N2O3/c1-30-16-8-14-27(21-25(29)17-22-9-4-3-5-10-22)20-24-12-7-15-28(24)19-23-11-6-13-26(18-23)31-2/h3-7,9-13,15,18,25,29H,8,14,16-17,19-21H2,1-2H3/t25-/m1/s1. The van der Waals surface area contributed by atoms with Crippen molar-refractivity contribution in [3.63, 3.8) is 0 Å². The highest BCUT2D eigenvalue weighted by Crippen LogP contribution is 2.16. The number of hydrogen-bond donors (Lipinski definition) is 1. The summed E-state index contributed by atoms with van der Waals surface area (Å²) in [6, 6.07) is 22.6. The molecule has 0 saturated heterocycles. The SMILES string of the molecule is COCCCN(Cc1cccn1Cc1cccc(OC)c1)C[C@H](O)Cc1ccccc1. The number of aliphatic hydroxyl groups excluding tert-OH is 1. The van der Waals surface area contributed by atoms with Crippen LogP contribution in [0.2, 0.25) is 0 Å². The van der Waals surface area contributed by atoms with Crippen LogP contribution in [0.5, 0.6) is 5.75 Å². The van der Waals surface area contributed by atoms with E-state index in [2.05, 4.69) is 52.1 Å². The molecule has 0 amide bonds. The van der Waals surface area contributed by atoms with E-state index >= 15 is 0 Å².